The number of aliphatic hydroxyl groups is 12. The van der Waals surface area contributed by atoms with Gasteiger partial charge in [-0.25, -0.2) is 0 Å². The second kappa shape index (κ2) is 29.4. The molecule has 12 N–H and O–H groups in total. The third-order valence-electron chi connectivity index (χ3n) is 17.8. The molecule has 486 valence electrons. The molecule has 0 amide bonds. The third-order valence-corrected chi connectivity index (χ3v) is 18.8. The summed E-state index contributed by atoms with van der Waals surface area (Å²) in [5.41, 5.74) is -41.9. The zero-order chi connectivity index (χ0) is 65.4. The lowest BCUT2D eigenvalue weighted by Crippen LogP contribution is -2.98. The number of hydrogen-bond acceptors (Lipinski definition) is 27. The van der Waals surface area contributed by atoms with E-state index in [1.54, 1.807) is 0 Å². The third kappa shape index (κ3) is 12.6. The Morgan fingerprint density at radius 3 is 1.00 bits per heavy atom. The van der Waals surface area contributed by atoms with E-state index in [1.165, 1.54) is 76.0 Å². The van der Waals surface area contributed by atoms with Crippen molar-refractivity contribution in [1.29, 1.82) is 0 Å². The largest absolute Gasteiger partial charge is 0.382 e. The van der Waals surface area contributed by atoms with E-state index >= 15 is 0 Å². The fourth-order valence-corrected chi connectivity index (χ4v) is 13.6. The van der Waals surface area contributed by atoms with Crippen LogP contribution in [0.1, 0.15) is 179 Å². The Morgan fingerprint density at radius 1 is 0.376 bits per heavy atom. The van der Waals surface area contributed by atoms with Crippen molar-refractivity contribution in [3.63, 3.8) is 0 Å². The van der Waals surface area contributed by atoms with Gasteiger partial charge >= 0.3 is 0 Å². The summed E-state index contributed by atoms with van der Waals surface area (Å²) in [5, 5.41) is 152. The summed E-state index contributed by atoms with van der Waals surface area (Å²) in [6.07, 6.45) is -11.9. The molecule has 0 spiro atoms. The van der Waals surface area contributed by atoms with Crippen molar-refractivity contribution in [2.24, 2.45) is 0 Å². The van der Waals surface area contributed by atoms with Crippen molar-refractivity contribution in [2.45, 2.75) is 284 Å². The zero-order valence-electron chi connectivity index (χ0n) is 50.6. The van der Waals surface area contributed by atoms with Crippen molar-refractivity contribution >= 4 is 69.6 Å². The first-order valence-electron chi connectivity index (χ1n) is 29.0. The molecule has 3 fully saturated rings. The van der Waals surface area contributed by atoms with Crippen LogP contribution in [-0.4, -0.2) is 243 Å². The van der Waals surface area contributed by atoms with Gasteiger partial charge < -0.3 is 80.2 Å². The average Bonchev–Trinajstić information content (AvgIpc) is 0.661. The first-order chi connectivity index (χ1) is 39.2. The van der Waals surface area contributed by atoms with Crippen LogP contribution in [-0.2, 0) is 66.9 Å². The number of thioether (sulfide) groups is 1. The highest BCUT2D eigenvalue weighted by Crippen LogP contribution is 2.61. The molecule has 85 heavy (non-hydrogen) atoms. The van der Waals surface area contributed by atoms with Crippen LogP contribution in [0.15, 0.2) is 0 Å². The van der Waals surface area contributed by atoms with Crippen molar-refractivity contribution in [3.05, 3.63) is 0 Å². The summed E-state index contributed by atoms with van der Waals surface area (Å²) in [6.45, 7) is 5.34. The van der Waals surface area contributed by atoms with Gasteiger partial charge in [-0.1, -0.05) is 103 Å². The fraction of sp³-hybridized carbons (Fsp3) is 0.828. The number of Topliss-reactive ketones (excluding diaryl/α,β-unsaturated/α-hetero) is 10. The van der Waals surface area contributed by atoms with Crippen LogP contribution in [0.5, 0.6) is 0 Å². The molecule has 0 radical (unpaired) electrons. The van der Waals surface area contributed by atoms with Crippen molar-refractivity contribution in [2.75, 3.05) is 18.1 Å². The second-order valence-corrected chi connectivity index (χ2v) is 24.7. The molecule has 3 rings (SSSR count). The van der Waals surface area contributed by atoms with E-state index in [4.69, 9.17) is 18.9 Å². The summed E-state index contributed by atoms with van der Waals surface area (Å²) >= 11 is 1.31. The molecular formula is C58H92O26S. The summed E-state index contributed by atoms with van der Waals surface area (Å²) in [6, 6.07) is 0. The molecule has 27 heteroatoms. The lowest BCUT2D eigenvalue weighted by Gasteiger charge is -2.70. The Balaban J connectivity index is 2.26. The van der Waals surface area contributed by atoms with Crippen LogP contribution in [0.4, 0.5) is 0 Å². The molecule has 0 bridgehead atoms. The van der Waals surface area contributed by atoms with Crippen molar-refractivity contribution in [3.8, 4) is 0 Å². The van der Waals surface area contributed by atoms with Crippen LogP contribution >= 0.6 is 11.8 Å². The molecule has 0 aromatic heterocycles. The lowest BCUT2D eigenvalue weighted by molar-refractivity contribution is -0.445. The maximum atomic E-state index is 14.7. The number of ketones is 10. The number of carbonyl (C=O) groups is 10. The average molecular weight is 1240 g/mol. The Kier molecular flexibility index (Phi) is 26.1. The molecule has 0 saturated carbocycles. The molecular weight excluding hydrogens is 1140 g/mol. The highest BCUT2D eigenvalue weighted by molar-refractivity contribution is 7.99. The topological polar surface area (TPSA) is 450 Å². The van der Waals surface area contributed by atoms with E-state index in [1.807, 2.05) is 0 Å². The Labute approximate surface area is 498 Å². The predicted octanol–water partition coefficient (Wildman–Crippen LogP) is -1.19. The molecule has 3 aliphatic heterocycles. The maximum Gasteiger partial charge on any atom is 0.212 e. The Hall–Kier alpha value is -3.59. The smallest absolute Gasteiger partial charge is 0.212 e. The van der Waals surface area contributed by atoms with Crippen LogP contribution < -0.4 is 0 Å². The fourth-order valence-electron chi connectivity index (χ4n) is 12.8. The van der Waals surface area contributed by atoms with E-state index in [9.17, 15) is 109 Å². The number of aliphatic hydroxyl groups excluding tert-OH is 3. The Bertz CT molecular complexity index is 2470. The summed E-state index contributed by atoms with van der Waals surface area (Å²) < 4.78 is 23.0. The lowest BCUT2D eigenvalue weighted by atomic mass is 9.48. The van der Waals surface area contributed by atoms with Gasteiger partial charge in [0.25, 0.3) is 0 Å². The van der Waals surface area contributed by atoms with Gasteiger partial charge in [-0.3, -0.25) is 47.9 Å². The van der Waals surface area contributed by atoms with E-state index in [-0.39, 0.29) is 33.4 Å². The van der Waals surface area contributed by atoms with Gasteiger partial charge in [-0.15, -0.1) is 0 Å². The van der Waals surface area contributed by atoms with E-state index in [2.05, 4.69) is 6.92 Å². The highest BCUT2D eigenvalue weighted by Gasteiger charge is 2.92. The SMILES string of the molecule is CCCCCCCCCCCCCCCCCCSCCO[C@H]1O[C@H](C(O)C(C)=O)[C@](O)([C@@H]2O[C@H](C(O)C(C)=O)[C@@](O)([C@@H]3O[C@H](C(O)C(C)=O)[C@@](O)(C(C)=O)[C@@](O)(C(C)=O)[C@]3(O)C(C)=O)[C@@](O)(C(C)=O)[C@]2(O)C(C)=O)[C@@](O)(C(C)=O)[C@]1(O)C(C)=O. The molecule has 3 heterocycles. The van der Waals surface area contributed by atoms with Crippen LogP contribution in [0.25, 0.3) is 0 Å². The second-order valence-electron chi connectivity index (χ2n) is 23.5. The number of rotatable bonds is 36. The van der Waals surface area contributed by atoms with Gasteiger partial charge in [-0.2, -0.15) is 11.8 Å². The minimum absolute atomic E-state index is 0.0304. The van der Waals surface area contributed by atoms with E-state index in [0.29, 0.717) is 47.3 Å². The summed E-state index contributed by atoms with van der Waals surface area (Å²) in [5.74, 6) is -18.6. The first-order valence-corrected chi connectivity index (χ1v) is 30.1. The van der Waals surface area contributed by atoms with Crippen LogP contribution in [0.2, 0.25) is 0 Å². The summed E-state index contributed by atoms with van der Waals surface area (Å²) in [4.78, 5) is 139. The number of carbonyl (C=O) groups excluding carboxylic acids is 10. The van der Waals surface area contributed by atoms with Gasteiger partial charge in [0, 0.05) is 5.75 Å². The maximum absolute atomic E-state index is 14.7. The molecule has 26 nitrogen and oxygen atoms in total. The molecule has 3 unspecified atom stereocenters. The predicted molar refractivity (Wildman–Crippen MR) is 298 cm³/mol. The number of hydrogen-bond donors (Lipinski definition) is 12. The molecule has 3 saturated heterocycles. The number of ether oxygens (including phenoxy) is 4. The van der Waals surface area contributed by atoms with Gasteiger partial charge in [0.05, 0.1) is 6.61 Å². The normalized spacial score (nSPS) is 36.8. The minimum Gasteiger partial charge on any atom is -0.382 e. The zero-order valence-corrected chi connectivity index (χ0v) is 51.4. The minimum atomic E-state index is -5.07. The standard InChI is InChI=1S/C58H92O26S/c1-12-13-14-15-16-17-18-19-20-21-22-23-24-25-26-27-29-85-30-28-81-49-53(75,37(8)65)58(80,40(11)68)55(77,46(84-49)43(71)33(4)61)48-52(74,36(7)64)57(79,39(10)67)54(76,45(83-48)42(70)32(3)60)47-51(73,35(6)63)56(78,38(9)66)50(72,34(5)62)44(82-47)41(69)31(2)59/h41-49,69-80H,12-30H2,1-11H3/t41?,42?,43?,44-,45-,46-,47-,48-,49+,50+,51+,52+,53+,54-,55+,56+,57-,58-/m1/s1. The molecule has 3 aliphatic rings. The van der Waals surface area contributed by atoms with Crippen molar-refractivity contribution in [1.82, 2.24) is 0 Å². The van der Waals surface area contributed by atoms with E-state index in [0.717, 1.165) is 38.5 Å². The van der Waals surface area contributed by atoms with Gasteiger partial charge in [0.2, 0.25) is 5.60 Å². The van der Waals surface area contributed by atoms with Crippen LogP contribution in [0.3, 0.4) is 0 Å². The quantitative estimate of drug-likeness (QED) is 0.0328. The highest BCUT2D eigenvalue weighted by atomic mass is 32.2. The molecule has 18 atom stereocenters. The molecule has 0 aromatic rings. The van der Waals surface area contributed by atoms with Crippen molar-refractivity contribution < 1.29 is 128 Å². The van der Waals surface area contributed by atoms with Gasteiger partial charge in [-0.05, 0) is 81.4 Å². The van der Waals surface area contributed by atoms with Gasteiger partial charge in [0.1, 0.15) is 48.8 Å². The summed E-state index contributed by atoms with van der Waals surface area (Å²) in [7, 11) is 0. The van der Waals surface area contributed by atoms with Crippen LogP contribution in [0, 0.1) is 0 Å². The monoisotopic (exact) mass is 1240 g/mol. The molecule has 0 aliphatic carbocycles. The molecule has 0 aromatic carbocycles. The number of unbranched alkanes of at least 4 members (excludes halogenated alkanes) is 15. The Morgan fingerprint density at radius 2 is 0.671 bits per heavy atom. The van der Waals surface area contributed by atoms with E-state index < -0.39 is 170 Å². The van der Waals surface area contributed by atoms with Gasteiger partial charge in [0.15, 0.2) is 109 Å². The first kappa shape index (κ1) is 75.7.